The Hall–Kier alpha value is -2.09. The lowest BCUT2D eigenvalue weighted by Gasteiger charge is -2.40. The Bertz CT molecular complexity index is 713. The maximum Gasteiger partial charge on any atom is 0.228 e. The molecule has 1 N–H and O–H groups in total. The average Bonchev–Trinajstić information content (AvgIpc) is 2.46. The quantitative estimate of drug-likeness (QED) is 0.722. The zero-order valence-electron chi connectivity index (χ0n) is 10.5. The third kappa shape index (κ3) is 1.60. The van der Waals surface area contributed by atoms with E-state index in [1.165, 1.54) is 10.4 Å². The number of nitrogens with one attached hydrogen (secondary N) is 1. The van der Waals surface area contributed by atoms with Gasteiger partial charge < -0.3 is 5.32 Å². The van der Waals surface area contributed by atoms with Crippen LogP contribution in [0, 0.1) is 17.8 Å². The van der Waals surface area contributed by atoms with Crippen molar-refractivity contribution in [3.63, 3.8) is 0 Å². The van der Waals surface area contributed by atoms with Crippen molar-refractivity contribution in [1.82, 2.24) is 5.32 Å². The zero-order valence-corrected chi connectivity index (χ0v) is 10.5. The topological polar surface area (TPSA) is 29.1 Å². The number of fused-ring (bicyclic) bond motifs is 4. The maximum atomic E-state index is 12.2. The summed E-state index contributed by atoms with van der Waals surface area (Å²) < 4.78 is 0. The lowest BCUT2D eigenvalue weighted by Crippen LogP contribution is -2.55. The Morgan fingerprint density at radius 3 is 2.47 bits per heavy atom. The number of carbonyl (C=O) groups excluding carboxylic acids is 1. The number of amides is 1. The Labute approximate surface area is 111 Å². The van der Waals surface area contributed by atoms with Gasteiger partial charge in [-0.15, -0.1) is 0 Å². The first-order chi connectivity index (χ1) is 9.33. The summed E-state index contributed by atoms with van der Waals surface area (Å²) in [6.07, 6.45) is 12.7. The highest BCUT2D eigenvalue weighted by Crippen LogP contribution is 2.35. The number of allylic oxidation sites excluding steroid dienone is 3. The number of rotatable bonds is 0. The molecule has 0 spiro atoms. The minimum atomic E-state index is -0.0128. The van der Waals surface area contributed by atoms with Gasteiger partial charge in [0.2, 0.25) is 5.91 Å². The first-order valence-corrected chi connectivity index (χ1v) is 6.77. The van der Waals surface area contributed by atoms with Crippen molar-refractivity contribution in [2.24, 2.45) is 17.8 Å². The predicted octanol–water partition coefficient (Wildman–Crippen LogP) is 0.734. The van der Waals surface area contributed by atoms with E-state index in [2.05, 4.69) is 47.8 Å². The number of benzene rings is 1. The van der Waals surface area contributed by atoms with Gasteiger partial charge in [-0.05, 0) is 10.4 Å². The number of hydrogen-bond donors (Lipinski definition) is 1. The van der Waals surface area contributed by atoms with Crippen LogP contribution in [-0.2, 0) is 4.79 Å². The predicted molar refractivity (Wildman–Crippen MR) is 75.3 cm³/mol. The molecule has 2 aliphatic carbocycles. The Kier molecular flexibility index (Phi) is 2.25. The average molecular weight is 249 g/mol. The minimum Gasteiger partial charge on any atom is -0.349 e. The van der Waals surface area contributed by atoms with Gasteiger partial charge in [0.05, 0.1) is 12.0 Å². The van der Waals surface area contributed by atoms with Crippen LogP contribution in [0.3, 0.4) is 0 Å². The smallest absolute Gasteiger partial charge is 0.228 e. The van der Waals surface area contributed by atoms with Gasteiger partial charge >= 0.3 is 0 Å². The van der Waals surface area contributed by atoms with Crippen molar-refractivity contribution in [1.29, 1.82) is 0 Å². The van der Waals surface area contributed by atoms with Crippen molar-refractivity contribution < 1.29 is 4.79 Å². The van der Waals surface area contributed by atoms with E-state index >= 15 is 0 Å². The monoisotopic (exact) mass is 249 g/mol. The summed E-state index contributed by atoms with van der Waals surface area (Å²) in [6.45, 7) is 0. The summed E-state index contributed by atoms with van der Waals surface area (Å²) in [5, 5.41) is 5.65. The third-order valence-corrected chi connectivity index (χ3v) is 4.38. The first kappa shape index (κ1) is 10.8. The summed E-state index contributed by atoms with van der Waals surface area (Å²) in [4.78, 5) is 12.2. The van der Waals surface area contributed by atoms with Crippen molar-refractivity contribution in [3.05, 3.63) is 59.0 Å². The van der Waals surface area contributed by atoms with Crippen molar-refractivity contribution in [2.45, 2.75) is 6.04 Å². The molecule has 4 rings (SSSR count). The molecule has 1 heterocycles. The van der Waals surface area contributed by atoms with Crippen LogP contribution in [0.25, 0.3) is 12.2 Å². The fourth-order valence-corrected chi connectivity index (χ4v) is 3.43. The van der Waals surface area contributed by atoms with Gasteiger partial charge in [0.25, 0.3) is 0 Å². The molecule has 0 bridgehead atoms. The molecule has 0 saturated carbocycles. The van der Waals surface area contributed by atoms with Gasteiger partial charge in [-0.1, -0.05) is 60.7 Å². The molecular weight excluding hydrogens is 234 g/mol. The number of carbonyl (C=O) groups is 1. The second-order valence-electron chi connectivity index (χ2n) is 5.45. The summed E-state index contributed by atoms with van der Waals surface area (Å²) >= 11 is 0. The lowest BCUT2D eigenvalue weighted by atomic mass is 9.70. The largest absolute Gasteiger partial charge is 0.349 e. The van der Waals surface area contributed by atoms with Crippen molar-refractivity contribution in [2.75, 3.05) is 0 Å². The molecule has 1 saturated heterocycles. The van der Waals surface area contributed by atoms with E-state index in [0.29, 0.717) is 5.92 Å². The molecule has 2 heteroatoms. The van der Waals surface area contributed by atoms with Crippen LogP contribution in [-0.4, -0.2) is 11.9 Å². The van der Waals surface area contributed by atoms with Crippen molar-refractivity contribution in [3.8, 4) is 0 Å². The van der Waals surface area contributed by atoms with Crippen LogP contribution in [0.2, 0.25) is 0 Å². The van der Waals surface area contributed by atoms with Crippen LogP contribution in [0.5, 0.6) is 0 Å². The van der Waals surface area contributed by atoms with Gasteiger partial charge in [0, 0.05) is 11.8 Å². The molecule has 19 heavy (non-hydrogen) atoms. The van der Waals surface area contributed by atoms with E-state index in [9.17, 15) is 4.79 Å². The highest BCUT2D eigenvalue weighted by atomic mass is 16.2. The van der Waals surface area contributed by atoms with Crippen LogP contribution in [0.15, 0.2) is 48.6 Å². The second kappa shape index (κ2) is 3.95. The molecule has 3 aliphatic rings. The standard InChI is InChI=1S/C17H15NO/c19-17-14-8-4-3-7-13(14)15-9-11-5-1-2-6-12(11)10-16(15)18-17/h1-10,13-16H,(H,18,19)/t13-,14+,15-,16-/m1/s1. The Morgan fingerprint density at radius 2 is 1.63 bits per heavy atom. The van der Waals surface area contributed by atoms with Crippen LogP contribution >= 0.6 is 0 Å². The molecule has 1 fully saturated rings. The molecular formula is C17H15NO. The third-order valence-electron chi connectivity index (χ3n) is 4.38. The molecule has 94 valence electrons. The van der Waals surface area contributed by atoms with Gasteiger partial charge in [0.15, 0.2) is 0 Å². The fraction of sp³-hybridized carbons (Fsp3) is 0.235. The van der Waals surface area contributed by atoms with Crippen LogP contribution in [0.4, 0.5) is 0 Å². The van der Waals surface area contributed by atoms with Gasteiger partial charge in [0.1, 0.15) is 0 Å². The molecule has 0 aromatic heterocycles. The molecule has 4 atom stereocenters. The summed E-state index contributed by atoms with van der Waals surface area (Å²) in [5.74, 6) is 0.782. The van der Waals surface area contributed by atoms with Gasteiger partial charge in [-0.25, -0.2) is 0 Å². The van der Waals surface area contributed by atoms with Crippen LogP contribution in [0.1, 0.15) is 0 Å². The normalized spacial score (nSPS) is 34.2. The Balaban J connectivity index is 1.86. The molecule has 1 aromatic rings. The SMILES string of the molecule is O=C1N[C@@H]2C=c3ccccc3=C[C@@H]2[C@@H]2C=CC=C[C@H]12. The molecule has 1 aromatic carbocycles. The van der Waals surface area contributed by atoms with E-state index in [1.54, 1.807) is 0 Å². The van der Waals surface area contributed by atoms with E-state index < -0.39 is 0 Å². The van der Waals surface area contributed by atoms with E-state index in [-0.39, 0.29) is 23.8 Å². The highest BCUT2D eigenvalue weighted by molar-refractivity contribution is 5.84. The fourth-order valence-electron chi connectivity index (χ4n) is 3.43. The van der Waals surface area contributed by atoms with Crippen molar-refractivity contribution >= 4 is 18.1 Å². The molecule has 0 radical (unpaired) electrons. The summed E-state index contributed by atoms with van der Waals surface area (Å²) in [7, 11) is 0. The molecule has 2 nitrogen and oxygen atoms in total. The molecule has 1 amide bonds. The first-order valence-electron chi connectivity index (χ1n) is 6.77. The van der Waals surface area contributed by atoms with Crippen LogP contribution < -0.4 is 15.8 Å². The summed E-state index contributed by atoms with van der Waals surface area (Å²) in [6, 6.07) is 8.49. The van der Waals surface area contributed by atoms with E-state index in [0.717, 1.165) is 0 Å². The number of hydrogen-bond acceptors (Lipinski definition) is 1. The zero-order chi connectivity index (χ0) is 12.8. The summed E-state index contributed by atoms with van der Waals surface area (Å²) in [5.41, 5.74) is 0. The van der Waals surface area contributed by atoms with Gasteiger partial charge in [-0.2, -0.15) is 0 Å². The second-order valence-corrected chi connectivity index (χ2v) is 5.45. The van der Waals surface area contributed by atoms with E-state index in [4.69, 9.17) is 0 Å². The maximum absolute atomic E-state index is 12.2. The Morgan fingerprint density at radius 1 is 0.895 bits per heavy atom. The highest BCUT2D eigenvalue weighted by Gasteiger charge is 2.40. The molecule has 0 unspecified atom stereocenters. The van der Waals surface area contributed by atoms with E-state index in [1.807, 2.05) is 18.2 Å². The number of piperidine rings is 1. The van der Waals surface area contributed by atoms with Gasteiger partial charge in [-0.3, -0.25) is 4.79 Å². The molecule has 1 aliphatic heterocycles. The minimum absolute atomic E-state index is 0.0128. The lowest BCUT2D eigenvalue weighted by molar-refractivity contribution is -0.127.